The lowest BCUT2D eigenvalue weighted by atomic mass is 10.0. The third-order valence-electron chi connectivity index (χ3n) is 7.17. The molecule has 0 radical (unpaired) electrons. The molecule has 2 heterocycles. The zero-order valence-corrected chi connectivity index (χ0v) is 20.4. The summed E-state index contributed by atoms with van der Waals surface area (Å²) in [5.74, 6) is 0.653. The van der Waals surface area contributed by atoms with Crippen molar-refractivity contribution in [2.24, 2.45) is 5.92 Å². The van der Waals surface area contributed by atoms with E-state index in [0.717, 1.165) is 50.6 Å². The van der Waals surface area contributed by atoms with Crippen LogP contribution in [0.3, 0.4) is 0 Å². The number of nitrogens with zero attached hydrogens (tertiary/aromatic N) is 3. The normalized spacial score (nSPS) is 22.5. The molecule has 2 aromatic rings. The Hall–Kier alpha value is -2.42. The van der Waals surface area contributed by atoms with Gasteiger partial charge in [-0.1, -0.05) is 30.7 Å². The summed E-state index contributed by atoms with van der Waals surface area (Å²) in [6.45, 7) is 5.70. The van der Waals surface area contributed by atoms with E-state index in [1.165, 1.54) is 23.7 Å². The van der Waals surface area contributed by atoms with Crippen LogP contribution in [0, 0.1) is 5.92 Å². The van der Waals surface area contributed by atoms with Gasteiger partial charge >= 0.3 is 0 Å². The second-order valence-electron chi connectivity index (χ2n) is 9.71. The van der Waals surface area contributed by atoms with Crippen molar-refractivity contribution in [3.05, 3.63) is 54.6 Å². The number of nitrogens with one attached hydrogen (secondary N) is 1. The Balaban J connectivity index is 1.25. The minimum atomic E-state index is -3.72. The fraction of sp³-hybridized carbons (Fsp3) is 0.500. The first-order valence-corrected chi connectivity index (χ1v) is 13.9. The van der Waals surface area contributed by atoms with Crippen molar-refractivity contribution in [3.8, 4) is 0 Å². The lowest BCUT2D eigenvalue weighted by Crippen LogP contribution is -2.49. The molecule has 1 amide bonds. The fourth-order valence-corrected chi connectivity index (χ4v) is 6.72. The van der Waals surface area contributed by atoms with Gasteiger partial charge in [0.1, 0.15) is 6.04 Å². The molecule has 1 atom stereocenters. The van der Waals surface area contributed by atoms with E-state index < -0.39 is 16.1 Å². The van der Waals surface area contributed by atoms with Crippen LogP contribution in [-0.4, -0.2) is 68.8 Å². The number of carbonyl (C=O) groups is 1. The number of piperazine rings is 1. The zero-order chi connectivity index (χ0) is 23.5. The molecule has 8 heteroatoms. The third-order valence-corrected chi connectivity index (χ3v) is 9.09. The summed E-state index contributed by atoms with van der Waals surface area (Å²) in [7, 11) is -3.72. The van der Waals surface area contributed by atoms with Gasteiger partial charge in [0.2, 0.25) is 15.9 Å². The number of anilines is 2. The number of hydrogen-bond acceptors (Lipinski definition) is 5. The van der Waals surface area contributed by atoms with Crippen molar-refractivity contribution in [3.63, 3.8) is 0 Å². The summed E-state index contributed by atoms with van der Waals surface area (Å²) >= 11 is 0. The SMILES string of the molecule is O=C(Nc1cccc(N2CCN(CC3CC3)CC2)c1)C1CCCCN1S(=O)(=O)c1ccccc1. The highest BCUT2D eigenvalue weighted by Crippen LogP contribution is 2.31. The molecule has 182 valence electrons. The quantitative estimate of drug-likeness (QED) is 0.655. The van der Waals surface area contributed by atoms with Gasteiger partial charge in [-0.2, -0.15) is 4.31 Å². The van der Waals surface area contributed by atoms with Crippen LogP contribution in [0.2, 0.25) is 0 Å². The molecule has 5 rings (SSSR count). The maximum absolute atomic E-state index is 13.3. The van der Waals surface area contributed by atoms with Gasteiger partial charge in [-0.05, 0) is 61.9 Å². The van der Waals surface area contributed by atoms with Crippen molar-refractivity contribution in [1.29, 1.82) is 0 Å². The van der Waals surface area contributed by atoms with Gasteiger partial charge in [0, 0.05) is 50.6 Å². The van der Waals surface area contributed by atoms with Gasteiger partial charge in [-0.3, -0.25) is 9.69 Å². The molecule has 7 nitrogen and oxygen atoms in total. The van der Waals surface area contributed by atoms with Gasteiger partial charge in [0.15, 0.2) is 0 Å². The minimum Gasteiger partial charge on any atom is -0.369 e. The summed E-state index contributed by atoms with van der Waals surface area (Å²) < 4.78 is 27.9. The molecular formula is C26H34N4O3S. The van der Waals surface area contributed by atoms with Gasteiger partial charge < -0.3 is 10.2 Å². The second-order valence-corrected chi connectivity index (χ2v) is 11.6. The number of hydrogen-bond donors (Lipinski definition) is 1. The van der Waals surface area contributed by atoms with E-state index >= 15 is 0 Å². The lowest BCUT2D eigenvalue weighted by Gasteiger charge is -2.36. The molecule has 2 aliphatic heterocycles. The van der Waals surface area contributed by atoms with Crippen molar-refractivity contribution >= 4 is 27.3 Å². The molecule has 1 unspecified atom stereocenters. The molecule has 1 N–H and O–H groups in total. The molecule has 2 aromatic carbocycles. The molecule has 1 saturated carbocycles. The molecule has 2 saturated heterocycles. The first-order chi connectivity index (χ1) is 16.5. The number of carbonyl (C=O) groups excluding carboxylic acids is 1. The molecule has 34 heavy (non-hydrogen) atoms. The van der Waals surface area contributed by atoms with E-state index in [0.29, 0.717) is 18.7 Å². The van der Waals surface area contributed by atoms with Crippen molar-refractivity contribution in [2.45, 2.75) is 43.0 Å². The topological polar surface area (TPSA) is 73.0 Å². The standard InChI is InChI=1S/C26H34N4O3S/c31-26(25-11-4-5-14-30(25)34(32,33)24-9-2-1-3-10-24)27-22-7-6-8-23(19-22)29-17-15-28(16-18-29)20-21-12-13-21/h1-3,6-10,19,21,25H,4-5,11-18,20H2,(H,27,31). The van der Waals surface area contributed by atoms with Crippen LogP contribution in [0.25, 0.3) is 0 Å². The van der Waals surface area contributed by atoms with Crippen LogP contribution in [-0.2, 0) is 14.8 Å². The number of rotatable bonds is 7. The highest BCUT2D eigenvalue weighted by molar-refractivity contribution is 7.89. The Morgan fingerprint density at radius 2 is 1.65 bits per heavy atom. The third kappa shape index (κ3) is 5.29. The summed E-state index contributed by atoms with van der Waals surface area (Å²) in [5.41, 5.74) is 1.81. The predicted molar refractivity (Wildman–Crippen MR) is 134 cm³/mol. The summed E-state index contributed by atoms with van der Waals surface area (Å²) in [6, 6.07) is 15.6. The molecule has 1 aliphatic carbocycles. The molecule has 0 aromatic heterocycles. The summed E-state index contributed by atoms with van der Waals surface area (Å²) in [6.07, 6.45) is 4.89. The lowest BCUT2D eigenvalue weighted by molar-refractivity contribution is -0.120. The Morgan fingerprint density at radius 3 is 2.38 bits per heavy atom. The van der Waals surface area contributed by atoms with Crippen molar-refractivity contribution in [1.82, 2.24) is 9.21 Å². The highest BCUT2D eigenvalue weighted by Gasteiger charge is 2.37. The minimum absolute atomic E-state index is 0.234. The number of benzene rings is 2. The van der Waals surface area contributed by atoms with Crippen LogP contribution in [0.4, 0.5) is 11.4 Å². The molecule has 0 spiro atoms. The van der Waals surface area contributed by atoms with Crippen LogP contribution < -0.4 is 10.2 Å². The number of piperidine rings is 1. The van der Waals surface area contributed by atoms with Gasteiger partial charge in [0.25, 0.3) is 0 Å². The molecule has 0 bridgehead atoms. The van der Waals surface area contributed by atoms with Crippen LogP contribution >= 0.6 is 0 Å². The van der Waals surface area contributed by atoms with Crippen LogP contribution in [0.5, 0.6) is 0 Å². The number of sulfonamides is 1. The van der Waals surface area contributed by atoms with E-state index in [1.54, 1.807) is 30.3 Å². The van der Waals surface area contributed by atoms with E-state index in [4.69, 9.17) is 0 Å². The Morgan fingerprint density at radius 1 is 0.882 bits per heavy atom. The Kier molecular flexibility index (Phi) is 6.90. The van der Waals surface area contributed by atoms with Crippen LogP contribution in [0.1, 0.15) is 32.1 Å². The second kappa shape index (κ2) is 10.1. The molecule has 3 fully saturated rings. The zero-order valence-electron chi connectivity index (χ0n) is 19.6. The van der Waals surface area contributed by atoms with E-state index in [2.05, 4.69) is 21.2 Å². The van der Waals surface area contributed by atoms with Crippen molar-refractivity contribution < 1.29 is 13.2 Å². The summed E-state index contributed by atoms with van der Waals surface area (Å²) in [5, 5.41) is 3.01. The number of amides is 1. The maximum Gasteiger partial charge on any atom is 0.243 e. The Labute approximate surface area is 202 Å². The Bertz CT molecular complexity index is 1100. The van der Waals surface area contributed by atoms with Crippen LogP contribution in [0.15, 0.2) is 59.5 Å². The average Bonchev–Trinajstić information content (AvgIpc) is 3.69. The fourth-order valence-electron chi connectivity index (χ4n) is 5.04. The molecular weight excluding hydrogens is 448 g/mol. The highest BCUT2D eigenvalue weighted by atomic mass is 32.2. The monoisotopic (exact) mass is 482 g/mol. The first-order valence-electron chi connectivity index (χ1n) is 12.5. The van der Waals surface area contributed by atoms with Gasteiger partial charge in [-0.25, -0.2) is 8.42 Å². The maximum atomic E-state index is 13.3. The summed E-state index contributed by atoms with van der Waals surface area (Å²) in [4.78, 5) is 18.4. The average molecular weight is 483 g/mol. The smallest absolute Gasteiger partial charge is 0.243 e. The molecule has 3 aliphatic rings. The van der Waals surface area contributed by atoms with Crippen molar-refractivity contribution in [2.75, 3.05) is 49.5 Å². The van der Waals surface area contributed by atoms with Gasteiger partial charge in [-0.15, -0.1) is 0 Å². The van der Waals surface area contributed by atoms with Gasteiger partial charge in [0.05, 0.1) is 4.90 Å². The predicted octanol–water partition coefficient (Wildman–Crippen LogP) is 3.40. The van der Waals surface area contributed by atoms with E-state index in [1.807, 2.05) is 18.2 Å². The largest absolute Gasteiger partial charge is 0.369 e. The first kappa shape index (κ1) is 23.3. The van der Waals surface area contributed by atoms with E-state index in [9.17, 15) is 13.2 Å². The van der Waals surface area contributed by atoms with E-state index in [-0.39, 0.29) is 10.8 Å².